The van der Waals surface area contributed by atoms with Crippen molar-refractivity contribution in [2.45, 2.75) is 11.5 Å². The van der Waals surface area contributed by atoms with Crippen LogP contribution in [0.5, 0.6) is 5.75 Å². The number of nitrogens with zero attached hydrogens (tertiary/aromatic N) is 1. The Bertz CT molecular complexity index is 919. The first-order chi connectivity index (χ1) is 12.3. The van der Waals surface area contributed by atoms with Crippen LogP contribution in [0.1, 0.15) is 16.7 Å². The molecule has 0 bridgehead atoms. The van der Waals surface area contributed by atoms with Crippen molar-refractivity contribution in [2.75, 3.05) is 13.2 Å². The molecule has 8 nitrogen and oxygen atoms in total. The lowest BCUT2D eigenvalue weighted by molar-refractivity contribution is 0.0451. The third-order valence-electron chi connectivity index (χ3n) is 4.71. The smallest absolute Gasteiger partial charge is 0.198 e. The van der Waals surface area contributed by atoms with Gasteiger partial charge in [0.15, 0.2) is 5.85 Å². The molecule has 0 radical (unpaired) electrons. The van der Waals surface area contributed by atoms with Crippen molar-refractivity contribution in [3.8, 4) is 5.75 Å². The molecule has 0 aliphatic carbocycles. The van der Waals surface area contributed by atoms with Crippen LogP contribution in [-0.2, 0) is 10.4 Å². The Morgan fingerprint density at radius 1 is 0.962 bits per heavy atom. The maximum Gasteiger partial charge on any atom is 0.198 e. The van der Waals surface area contributed by atoms with Crippen molar-refractivity contribution in [1.29, 1.82) is 0 Å². The van der Waals surface area contributed by atoms with Crippen LogP contribution in [0, 0.1) is 4.91 Å². The quantitative estimate of drug-likeness (QED) is 0.475. The molecule has 2 aromatic carbocycles. The van der Waals surface area contributed by atoms with Crippen LogP contribution >= 0.6 is 0 Å². The van der Waals surface area contributed by atoms with Gasteiger partial charge in [0.1, 0.15) is 23.7 Å². The molecule has 0 saturated heterocycles. The molecule has 0 saturated carbocycles. The summed E-state index contributed by atoms with van der Waals surface area (Å²) in [5.41, 5.74) is 27.6. The largest absolute Gasteiger partial charge is 0.489 e. The Balaban J connectivity index is 1.86. The van der Waals surface area contributed by atoms with Crippen molar-refractivity contribution >= 4 is 16.8 Å². The van der Waals surface area contributed by atoms with Crippen LogP contribution in [0.4, 0.5) is 5.69 Å². The molecule has 134 valence electrons. The molecule has 2 aromatic rings. The van der Waals surface area contributed by atoms with E-state index >= 15 is 0 Å². The fourth-order valence-corrected chi connectivity index (χ4v) is 3.37. The molecular formula is C18H19N5O3. The Morgan fingerprint density at radius 3 is 2.35 bits per heavy atom. The minimum Gasteiger partial charge on any atom is -0.489 e. The summed E-state index contributed by atoms with van der Waals surface area (Å²) >= 11 is 0. The molecule has 0 amide bonds. The van der Waals surface area contributed by atoms with Crippen LogP contribution in [0.2, 0.25) is 0 Å². The number of benzene rings is 2. The summed E-state index contributed by atoms with van der Waals surface area (Å²) in [7, 11) is 0. The van der Waals surface area contributed by atoms with Gasteiger partial charge in [0, 0.05) is 11.1 Å². The van der Waals surface area contributed by atoms with Crippen molar-refractivity contribution in [3.63, 3.8) is 0 Å². The molecule has 0 aromatic heterocycles. The molecule has 0 unspecified atom stereocenters. The van der Waals surface area contributed by atoms with Crippen molar-refractivity contribution in [2.24, 2.45) is 28.1 Å². The lowest BCUT2D eigenvalue weighted by Crippen LogP contribution is -2.50. The molecule has 0 fully saturated rings. The molecule has 0 spiro atoms. The number of nitrogens with two attached hydrogens (primary N) is 4. The first-order valence-corrected chi connectivity index (χ1v) is 8.06. The SMILES string of the molecule is NC1(N)OCC(c2ccc3c(c2)C(N)(N)CO3)=C1c1ccc(N=O)cc1. The van der Waals surface area contributed by atoms with Gasteiger partial charge in [-0.1, -0.05) is 18.2 Å². The van der Waals surface area contributed by atoms with Crippen molar-refractivity contribution < 1.29 is 9.47 Å². The van der Waals surface area contributed by atoms with Crippen LogP contribution in [-0.4, -0.2) is 19.1 Å². The third-order valence-corrected chi connectivity index (χ3v) is 4.71. The normalized spacial score (nSPS) is 20.0. The van der Waals surface area contributed by atoms with E-state index in [9.17, 15) is 4.91 Å². The van der Waals surface area contributed by atoms with E-state index in [0.717, 1.165) is 16.7 Å². The number of fused-ring (bicyclic) bond motifs is 1. The van der Waals surface area contributed by atoms with Crippen LogP contribution < -0.4 is 27.7 Å². The zero-order valence-electron chi connectivity index (χ0n) is 13.9. The van der Waals surface area contributed by atoms with Gasteiger partial charge >= 0.3 is 0 Å². The number of ether oxygens (including phenoxy) is 2. The number of nitroso groups, excluding NO2 is 1. The monoisotopic (exact) mass is 353 g/mol. The Labute approximate surface area is 149 Å². The molecule has 2 aliphatic heterocycles. The Hall–Kier alpha value is -2.62. The second-order valence-corrected chi connectivity index (χ2v) is 6.61. The average molecular weight is 353 g/mol. The number of hydrogen-bond acceptors (Lipinski definition) is 8. The molecule has 0 atom stereocenters. The highest BCUT2D eigenvalue weighted by Crippen LogP contribution is 2.41. The van der Waals surface area contributed by atoms with Gasteiger partial charge in [0.25, 0.3) is 0 Å². The summed E-state index contributed by atoms with van der Waals surface area (Å²) < 4.78 is 11.1. The summed E-state index contributed by atoms with van der Waals surface area (Å²) in [6, 6.07) is 12.3. The van der Waals surface area contributed by atoms with Gasteiger partial charge in [-0.05, 0) is 46.1 Å². The predicted octanol–water partition coefficient (Wildman–Crippen LogP) is 1.06. The standard InChI is InChI=1S/C18H19N5O3/c19-17(20)9-25-15-6-3-11(7-14(15)17)13-8-26-18(21,22)16(13)10-1-4-12(23-24)5-2-10/h1-7H,8-9,19-22H2. The van der Waals surface area contributed by atoms with Crippen LogP contribution in [0.15, 0.2) is 47.6 Å². The van der Waals surface area contributed by atoms with E-state index in [4.69, 9.17) is 32.4 Å². The van der Waals surface area contributed by atoms with E-state index < -0.39 is 11.5 Å². The maximum atomic E-state index is 10.6. The van der Waals surface area contributed by atoms with E-state index in [2.05, 4.69) is 5.18 Å². The summed E-state index contributed by atoms with van der Waals surface area (Å²) in [6.45, 7) is 0.448. The highest BCUT2D eigenvalue weighted by molar-refractivity contribution is 5.96. The lowest BCUT2D eigenvalue weighted by atomic mass is 9.91. The Morgan fingerprint density at radius 2 is 1.65 bits per heavy atom. The van der Waals surface area contributed by atoms with E-state index in [1.165, 1.54) is 0 Å². The molecule has 2 heterocycles. The van der Waals surface area contributed by atoms with E-state index in [1.807, 2.05) is 18.2 Å². The topological polar surface area (TPSA) is 152 Å². The van der Waals surface area contributed by atoms with E-state index in [0.29, 0.717) is 22.6 Å². The van der Waals surface area contributed by atoms with Gasteiger partial charge < -0.3 is 20.9 Å². The van der Waals surface area contributed by atoms with Gasteiger partial charge in [-0.2, -0.15) is 0 Å². The average Bonchev–Trinajstić information content (AvgIpc) is 3.10. The lowest BCUT2D eigenvalue weighted by Gasteiger charge is -2.22. The molecule has 26 heavy (non-hydrogen) atoms. The predicted molar refractivity (Wildman–Crippen MR) is 97.8 cm³/mol. The summed E-state index contributed by atoms with van der Waals surface area (Å²) in [5, 5.41) is 2.91. The Kier molecular flexibility index (Phi) is 3.69. The second-order valence-electron chi connectivity index (χ2n) is 6.61. The fourth-order valence-electron chi connectivity index (χ4n) is 3.37. The van der Waals surface area contributed by atoms with E-state index in [1.54, 1.807) is 24.3 Å². The zero-order chi connectivity index (χ0) is 18.5. The molecular weight excluding hydrogens is 334 g/mol. The van der Waals surface area contributed by atoms with Crippen LogP contribution in [0.25, 0.3) is 11.1 Å². The number of hydrogen-bond donors (Lipinski definition) is 4. The van der Waals surface area contributed by atoms with Gasteiger partial charge in [-0.3, -0.25) is 11.5 Å². The minimum absolute atomic E-state index is 0.214. The summed E-state index contributed by atoms with van der Waals surface area (Å²) in [6.07, 6.45) is 0. The van der Waals surface area contributed by atoms with Crippen molar-refractivity contribution in [3.05, 3.63) is 64.1 Å². The third kappa shape index (κ3) is 2.61. The molecule has 8 heteroatoms. The highest BCUT2D eigenvalue weighted by Gasteiger charge is 2.38. The highest BCUT2D eigenvalue weighted by atomic mass is 16.5. The van der Waals surface area contributed by atoms with Gasteiger partial charge in [-0.15, -0.1) is 4.91 Å². The van der Waals surface area contributed by atoms with Crippen molar-refractivity contribution in [1.82, 2.24) is 0 Å². The first-order valence-electron chi connectivity index (χ1n) is 8.06. The first kappa shape index (κ1) is 16.8. The second kappa shape index (κ2) is 5.70. The summed E-state index contributed by atoms with van der Waals surface area (Å²) in [5.74, 6) is -0.795. The minimum atomic E-state index is -1.45. The maximum absolute atomic E-state index is 10.6. The van der Waals surface area contributed by atoms with E-state index in [-0.39, 0.29) is 13.2 Å². The molecule has 8 N–H and O–H groups in total. The van der Waals surface area contributed by atoms with Gasteiger partial charge in [0.05, 0.1) is 6.61 Å². The van der Waals surface area contributed by atoms with Gasteiger partial charge in [-0.25, -0.2) is 0 Å². The zero-order valence-corrected chi connectivity index (χ0v) is 13.9. The van der Waals surface area contributed by atoms with Gasteiger partial charge in [0.2, 0.25) is 0 Å². The molecule has 2 aliphatic rings. The molecule has 4 rings (SSSR count). The number of rotatable bonds is 3. The summed E-state index contributed by atoms with van der Waals surface area (Å²) in [4.78, 5) is 10.6. The van der Waals surface area contributed by atoms with Crippen LogP contribution in [0.3, 0.4) is 0 Å². The fraction of sp³-hybridized carbons (Fsp3) is 0.222.